The van der Waals surface area contributed by atoms with Crippen LogP contribution in [0.25, 0.3) is 26.2 Å². The third-order valence-electron chi connectivity index (χ3n) is 6.20. The van der Waals surface area contributed by atoms with E-state index in [2.05, 4.69) is 35.1 Å². The van der Waals surface area contributed by atoms with Crippen LogP contribution < -0.4 is 4.72 Å². The zero-order valence-electron chi connectivity index (χ0n) is 18.4. The van der Waals surface area contributed by atoms with Crippen LogP contribution in [-0.4, -0.2) is 25.5 Å². The molecule has 1 heterocycles. The maximum atomic E-state index is 12.8. The minimum absolute atomic E-state index is 0.0841. The van der Waals surface area contributed by atoms with E-state index in [1.807, 2.05) is 6.07 Å². The first-order valence-corrected chi connectivity index (χ1v) is 13.4. The van der Waals surface area contributed by atoms with Crippen molar-refractivity contribution in [3.8, 4) is 0 Å². The van der Waals surface area contributed by atoms with Gasteiger partial charge >= 0.3 is 5.97 Å². The Bertz CT molecular complexity index is 1270. The highest BCUT2D eigenvalue weighted by Gasteiger charge is 2.28. The summed E-state index contributed by atoms with van der Waals surface area (Å²) in [7, 11) is -3.94. The van der Waals surface area contributed by atoms with Crippen LogP contribution in [0.15, 0.2) is 47.4 Å². The molecule has 1 atom stereocenters. The predicted molar refractivity (Wildman–Crippen MR) is 132 cm³/mol. The van der Waals surface area contributed by atoms with Gasteiger partial charge in [-0.15, -0.1) is 11.3 Å². The molecule has 1 fully saturated rings. The second kappa shape index (κ2) is 9.33. The molecule has 7 heteroatoms. The van der Waals surface area contributed by atoms with E-state index < -0.39 is 22.0 Å². The Labute approximate surface area is 193 Å². The Balaban J connectivity index is 1.64. The van der Waals surface area contributed by atoms with Crippen LogP contribution in [0.5, 0.6) is 0 Å². The van der Waals surface area contributed by atoms with Crippen molar-refractivity contribution >= 4 is 53.6 Å². The van der Waals surface area contributed by atoms with Gasteiger partial charge < -0.3 is 5.11 Å². The van der Waals surface area contributed by atoms with Crippen LogP contribution in [0.2, 0.25) is 0 Å². The Kier molecular flexibility index (Phi) is 6.70. The first-order chi connectivity index (χ1) is 15.2. The second-order valence-electron chi connectivity index (χ2n) is 8.95. The minimum atomic E-state index is -3.94. The summed E-state index contributed by atoms with van der Waals surface area (Å²) in [5, 5.41) is 11.5. The molecule has 1 saturated carbocycles. The van der Waals surface area contributed by atoms with E-state index in [1.165, 1.54) is 32.1 Å². The standard InChI is InChI=1S/C25H29NO4S2/c1-16(2)24(25(27)28)26-32(29,30)19-11-12-20-21-14-18(9-8-17-6-4-3-5-7-17)10-13-22(21)31-23(20)15-19/h8-17,24,26H,3-7H2,1-2H3,(H,27,28)/b9-8+/t24-/m0/s1. The average Bonchev–Trinajstić information content (AvgIpc) is 3.13. The van der Waals surface area contributed by atoms with Gasteiger partial charge in [0, 0.05) is 20.2 Å². The van der Waals surface area contributed by atoms with Gasteiger partial charge in [-0.05, 0) is 54.5 Å². The van der Waals surface area contributed by atoms with E-state index in [1.54, 1.807) is 37.3 Å². The molecule has 0 spiro atoms. The molecule has 2 N–H and O–H groups in total. The smallest absolute Gasteiger partial charge is 0.322 e. The molecule has 32 heavy (non-hydrogen) atoms. The largest absolute Gasteiger partial charge is 0.480 e. The van der Waals surface area contributed by atoms with Gasteiger partial charge in [-0.2, -0.15) is 4.72 Å². The zero-order valence-corrected chi connectivity index (χ0v) is 20.0. The molecule has 170 valence electrons. The third kappa shape index (κ3) is 4.90. The number of carboxylic acids is 1. The van der Waals surface area contributed by atoms with E-state index >= 15 is 0 Å². The number of thiophene rings is 1. The fraction of sp³-hybridized carbons (Fsp3) is 0.400. The molecule has 0 bridgehead atoms. The molecule has 2 aromatic carbocycles. The quantitative estimate of drug-likeness (QED) is 0.440. The van der Waals surface area contributed by atoms with Gasteiger partial charge in [0.1, 0.15) is 6.04 Å². The molecule has 0 saturated heterocycles. The summed E-state index contributed by atoms with van der Waals surface area (Å²) in [5.41, 5.74) is 1.15. The van der Waals surface area contributed by atoms with Crippen molar-refractivity contribution in [3.63, 3.8) is 0 Å². The Morgan fingerprint density at radius 2 is 1.81 bits per heavy atom. The van der Waals surface area contributed by atoms with E-state index in [0.717, 1.165) is 25.7 Å². The number of rotatable bonds is 7. The Hall–Kier alpha value is -2.22. The van der Waals surface area contributed by atoms with Crippen molar-refractivity contribution < 1.29 is 18.3 Å². The van der Waals surface area contributed by atoms with Crippen molar-refractivity contribution in [1.82, 2.24) is 4.72 Å². The molecular formula is C25H29NO4S2. The van der Waals surface area contributed by atoms with Crippen LogP contribution >= 0.6 is 11.3 Å². The molecule has 1 aliphatic carbocycles. The van der Waals surface area contributed by atoms with Gasteiger partial charge in [0.15, 0.2) is 0 Å². The van der Waals surface area contributed by atoms with Gasteiger partial charge in [0.25, 0.3) is 0 Å². The van der Waals surface area contributed by atoms with E-state index in [9.17, 15) is 18.3 Å². The topological polar surface area (TPSA) is 83.5 Å². The monoisotopic (exact) mass is 471 g/mol. The van der Waals surface area contributed by atoms with Crippen LogP contribution in [0, 0.1) is 11.8 Å². The first-order valence-electron chi connectivity index (χ1n) is 11.1. The van der Waals surface area contributed by atoms with Crippen molar-refractivity contribution in [2.24, 2.45) is 11.8 Å². The number of fused-ring (bicyclic) bond motifs is 3. The molecular weight excluding hydrogens is 442 g/mol. The number of hydrogen-bond donors (Lipinski definition) is 2. The summed E-state index contributed by atoms with van der Waals surface area (Å²) in [6.45, 7) is 3.35. The lowest BCUT2D eigenvalue weighted by molar-refractivity contribution is -0.140. The van der Waals surface area contributed by atoms with Crippen LogP contribution in [0.4, 0.5) is 0 Å². The third-order valence-corrected chi connectivity index (χ3v) is 8.77. The second-order valence-corrected chi connectivity index (χ2v) is 11.8. The van der Waals surface area contributed by atoms with E-state index in [0.29, 0.717) is 5.92 Å². The summed E-state index contributed by atoms with van der Waals surface area (Å²) in [4.78, 5) is 11.5. The number of allylic oxidation sites excluding steroid dienone is 1. The lowest BCUT2D eigenvalue weighted by atomic mass is 9.89. The van der Waals surface area contributed by atoms with Crippen molar-refractivity contribution in [2.45, 2.75) is 56.9 Å². The molecule has 0 unspecified atom stereocenters. The molecule has 0 amide bonds. The van der Waals surface area contributed by atoms with Crippen molar-refractivity contribution in [3.05, 3.63) is 48.0 Å². The average molecular weight is 472 g/mol. The zero-order chi connectivity index (χ0) is 22.9. The highest BCUT2D eigenvalue weighted by atomic mass is 32.2. The highest BCUT2D eigenvalue weighted by molar-refractivity contribution is 7.89. The Morgan fingerprint density at radius 1 is 1.06 bits per heavy atom. The van der Waals surface area contributed by atoms with Crippen molar-refractivity contribution in [2.75, 3.05) is 0 Å². The number of hydrogen-bond acceptors (Lipinski definition) is 4. The summed E-state index contributed by atoms with van der Waals surface area (Å²) < 4.78 is 29.9. The molecule has 0 radical (unpaired) electrons. The van der Waals surface area contributed by atoms with Gasteiger partial charge in [0.2, 0.25) is 10.0 Å². The fourth-order valence-corrected chi connectivity index (χ4v) is 6.89. The maximum absolute atomic E-state index is 12.8. The SMILES string of the molecule is CC(C)[C@H](NS(=O)(=O)c1ccc2c(c1)sc1ccc(/C=C/C3CCCCC3)cc12)C(=O)O. The molecule has 0 aliphatic heterocycles. The number of nitrogens with one attached hydrogen (secondary N) is 1. The number of sulfonamides is 1. The highest BCUT2D eigenvalue weighted by Crippen LogP contribution is 2.36. The van der Waals surface area contributed by atoms with E-state index in [-0.39, 0.29) is 10.8 Å². The fourth-order valence-electron chi connectivity index (χ4n) is 4.33. The number of carboxylic acid groups (broad SMARTS) is 1. The molecule has 1 aliphatic rings. The number of benzene rings is 2. The summed E-state index contributed by atoms with van der Waals surface area (Å²) in [6.07, 6.45) is 11.1. The molecule has 3 aromatic rings. The van der Waals surface area contributed by atoms with Crippen molar-refractivity contribution in [1.29, 1.82) is 0 Å². The van der Waals surface area contributed by atoms with Crippen LogP contribution in [0.1, 0.15) is 51.5 Å². The van der Waals surface area contributed by atoms with Gasteiger partial charge in [-0.3, -0.25) is 4.79 Å². The van der Waals surface area contributed by atoms with Crippen LogP contribution in [-0.2, 0) is 14.8 Å². The molecule has 1 aromatic heterocycles. The summed E-state index contributed by atoms with van der Waals surface area (Å²) >= 11 is 1.55. The van der Waals surface area contributed by atoms with Gasteiger partial charge in [-0.1, -0.05) is 57.4 Å². The lowest BCUT2D eigenvalue weighted by Gasteiger charge is -2.18. The van der Waals surface area contributed by atoms with E-state index in [4.69, 9.17) is 0 Å². The molecule has 4 rings (SSSR count). The summed E-state index contributed by atoms with van der Waals surface area (Å²) in [5.74, 6) is -0.879. The van der Waals surface area contributed by atoms with Gasteiger partial charge in [-0.25, -0.2) is 8.42 Å². The first kappa shape index (κ1) is 23.0. The lowest BCUT2D eigenvalue weighted by Crippen LogP contribution is -2.44. The summed E-state index contributed by atoms with van der Waals surface area (Å²) in [6, 6.07) is 10.2. The number of aliphatic carboxylic acids is 1. The minimum Gasteiger partial charge on any atom is -0.480 e. The normalized spacial score (nSPS) is 17.0. The van der Waals surface area contributed by atoms with Gasteiger partial charge in [0.05, 0.1) is 4.90 Å². The molecule has 5 nitrogen and oxygen atoms in total. The predicted octanol–water partition coefficient (Wildman–Crippen LogP) is 6.04. The van der Waals surface area contributed by atoms with Crippen LogP contribution in [0.3, 0.4) is 0 Å². The number of carbonyl (C=O) groups is 1. The maximum Gasteiger partial charge on any atom is 0.322 e. The Morgan fingerprint density at radius 3 is 2.50 bits per heavy atom.